The van der Waals surface area contributed by atoms with E-state index in [0.717, 1.165) is 38.6 Å². The molecule has 0 aliphatic carbocycles. The zero-order valence-electron chi connectivity index (χ0n) is 16.5. The summed E-state index contributed by atoms with van der Waals surface area (Å²) in [5, 5.41) is 7.80. The third-order valence-electron chi connectivity index (χ3n) is 5.42. The molecule has 0 bridgehead atoms. The number of guanidine groups is 1. The Morgan fingerprint density at radius 1 is 1.23 bits per heavy atom. The quantitative estimate of drug-likeness (QED) is 0.404. The van der Waals surface area contributed by atoms with E-state index in [1.807, 2.05) is 17.9 Å². The van der Waals surface area contributed by atoms with E-state index in [2.05, 4.69) is 40.4 Å². The lowest BCUT2D eigenvalue weighted by Gasteiger charge is -2.29. The van der Waals surface area contributed by atoms with Gasteiger partial charge in [0.1, 0.15) is 0 Å². The lowest BCUT2D eigenvalue weighted by atomic mass is 9.99. The molecule has 3 heterocycles. The van der Waals surface area contributed by atoms with Crippen molar-refractivity contribution in [1.29, 1.82) is 0 Å². The van der Waals surface area contributed by atoms with E-state index in [-0.39, 0.29) is 24.0 Å². The Hall–Kier alpha value is -0.830. The van der Waals surface area contributed by atoms with E-state index in [1.54, 1.807) is 0 Å². The van der Waals surface area contributed by atoms with E-state index in [4.69, 9.17) is 4.99 Å². The van der Waals surface area contributed by atoms with Crippen LogP contribution in [0.5, 0.6) is 0 Å². The summed E-state index contributed by atoms with van der Waals surface area (Å²) in [4.78, 5) is 9.88. The topological polar surface area (TPSA) is 48.7 Å². The van der Waals surface area contributed by atoms with E-state index in [0.29, 0.717) is 11.8 Å². The Labute approximate surface area is 175 Å². The summed E-state index contributed by atoms with van der Waals surface area (Å²) < 4.78 is 1.90. The molecular weight excluding hydrogens is 439 g/mol. The highest BCUT2D eigenvalue weighted by Crippen LogP contribution is 2.21. The molecule has 7 heteroatoms. The first-order valence-corrected chi connectivity index (χ1v) is 9.83. The number of aliphatic imine (C=N–C) groups is 1. The van der Waals surface area contributed by atoms with Crippen LogP contribution in [0.4, 0.5) is 0 Å². The molecule has 6 nitrogen and oxygen atoms in total. The van der Waals surface area contributed by atoms with E-state index < -0.39 is 0 Å². The first-order chi connectivity index (χ1) is 12.1. The van der Waals surface area contributed by atoms with Crippen molar-refractivity contribution in [3.63, 3.8) is 0 Å². The summed E-state index contributed by atoms with van der Waals surface area (Å²) in [6, 6.07) is 0. The van der Waals surface area contributed by atoms with Crippen molar-refractivity contribution < 1.29 is 0 Å². The second-order valence-electron chi connectivity index (χ2n) is 7.79. The molecule has 2 unspecified atom stereocenters. The molecule has 148 valence electrons. The van der Waals surface area contributed by atoms with Crippen molar-refractivity contribution in [3.05, 3.63) is 18.0 Å². The molecule has 26 heavy (non-hydrogen) atoms. The average molecular weight is 474 g/mol. The van der Waals surface area contributed by atoms with Crippen molar-refractivity contribution in [2.24, 2.45) is 23.9 Å². The molecule has 0 saturated carbocycles. The molecule has 1 aromatic rings. The number of aryl methyl sites for hydroxylation is 1. The van der Waals surface area contributed by atoms with E-state index in [1.165, 1.54) is 37.9 Å². The highest BCUT2D eigenvalue weighted by atomic mass is 127. The monoisotopic (exact) mass is 474 g/mol. The second kappa shape index (κ2) is 10.5. The smallest absolute Gasteiger partial charge is 0.193 e. The summed E-state index contributed by atoms with van der Waals surface area (Å²) in [5.41, 5.74) is 1.35. The maximum atomic E-state index is 4.99. The maximum Gasteiger partial charge on any atom is 0.193 e. The Morgan fingerprint density at radius 2 is 2.08 bits per heavy atom. The molecule has 0 spiro atoms. The number of hydrogen-bond acceptors (Lipinski definition) is 3. The lowest BCUT2D eigenvalue weighted by molar-refractivity contribution is 0.214. The van der Waals surface area contributed by atoms with E-state index >= 15 is 0 Å². The Balaban J connectivity index is 0.00000243. The van der Waals surface area contributed by atoms with Gasteiger partial charge in [-0.25, -0.2) is 0 Å². The van der Waals surface area contributed by atoms with E-state index in [9.17, 15) is 0 Å². The number of aromatic nitrogens is 2. The summed E-state index contributed by atoms with van der Waals surface area (Å²) in [5.74, 6) is 2.53. The zero-order valence-corrected chi connectivity index (χ0v) is 18.9. The van der Waals surface area contributed by atoms with Gasteiger partial charge in [0.25, 0.3) is 0 Å². The van der Waals surface area contributed by atoms with Crippen molar-refractivity contribution in [3.8, 4) is 0 Å². The Morgan fingerprint density at radius 3 is 2.77 bits per heavy atom. The minimum absolute atomic E-state index is 0. The largest absolute Gasteiger partial charge is 0.357 e. The molecule has 2 fully saturated rings. The Kier molecular flexibility index (Phi) is 8.66. The van der Waals surface area contributed by atoms with Crippen LogP contribution in [0.3, 0.4) is 0 Å². The van der Waals surface area contributed by atoms with Crippen molar-refractivity contribution in [2.75, 3.05) is 46.3 Å². The normalized spacial score (nSPS) is 24.6. The third-order valence-corrected chi connectivity index (χ3v) is 5.42. The molecule has 2 saturated heterocycles. The van der Waals surface area contributed by atoms with Crippen LogP contribution in [0.1, 0.15) is 31.7 Å². The fraction of sp³-hybridized carbons (Fsp3) is 0.789. The fourth-order valence-corrected chi connectivity index (χ4v) is 4.17. The van der Waals surface area contributed by atoms with Gasteiger partial charge in [-0.1, -0.05) is 0 Å². The molecule has 2 atom stereocenters. The van der Waals surface area contributed by atoms with Crippen molar-refractivity contribution in [2.45, 2.75) is 32.6 Å². The standard InChI is InChI=1S/C19H34N6.HI/c1-4-20-19(21-11-17-6-5-8-23(2)13-17)25-9-7-16(15-25)10-18-12-22-24(3)14-18;/h12,14,16-17H,4-11,13,15H2,1-3H3,(H,20,21);1H. The number of piperidine rings is 1. The van der Waals surface area contributed by atoms with Gasteiger partial charge < -0.3 is 15.1 Å². The average Bonchev–Trinajstić information content (AvgIpc) is 3.21. The highest BCUT2D eigenvalue weighted by Gasteiger charge is 2.26. The van der Waals surface area contributed by atoms with Crippen LogP contribution in [0.2, 0.25) is 0 Å². The molecule has 2 aliphatic rings. The molecule has 0 amide bonds. The highest BCUT2D eigenvalue weighted by molar-refractivity contribution is 14.0. The van der Waals surface area contributed by atoms with Gasteiger partial charge in [-0.05, 0) is 63.6 Å². The molecule has 1 aromatic heterocycles. The van der Waals surface area contributed by atoms with Crippen LogP contribution >= 0.6 is 24.0 Å². The number of nitrogens with one attached hydrogen (secondary N) is 1. The van der Waals surface area contributed by atoms with Crippen LogP contribution in [-0.4, -0.2) is 71.9 Å². The first-order valence-electron chi connectivity index (χ1n) is 9.83. The first kappa shape index (κ1) is 21.5. The van der Waals surface area contributed by atoms with Crippen LogP contribution in [0, 0.1) is 11.8 Å². The molecular formula is C19H35IN6. The summed E-state index contributed by atoms with van der Waals surface area (Å²) >= 11 is 0. The molecule has 3 rings (SSSR count). The molecule has 1 N–H and O–H groups in total. The maximum absolute atomic E-state index is 4.99. The minimum Gasteiger partial charge on any atom is -0.357 e. The van der Waals surface area contributed by atoms with Gasteiger partial charge in [0.2, 0.25) is 0 Å². The number of halogens is 1. The zero-order chi connectivity index (χ0) is 17.6. The number of nitrogens with zero attached hydrogens (tertiary/aromatic N) is 5. The van der Waals surface area contributed by atoms with Crippen LogP contribution in [-0.2, 0) is 13.5 Å². The van der Waals surface area contributed by atoms with Gasteiger partial charge >= 0.3 is 0 Å². The van der Waals surface area contributed by atoms with Gasteiger partial charge in [-0.3, -0.25) is 9.67 Å². The van der Waals surface area contributed by atoms with Crippen molar-refractivity contribution >= 4 is 29.9 Å². The van der Waals surface area contributed by atoms with Gasteiger partial charge in [0.15, 0.2) is 5.96 Å². The van der Waals surface area contributed by atoms with Gasteiger partial charge in [-0.2, -0.15) is 5.10 Å². The molecule has 2 aliphatic heterocycles. The van der Waals surface area contributed by atoms with Crippen LogP contribution < -0.4 is 5.32 Å². The predicted molar refractivity (Wildman–Crippen MR) is 118 cm³/mol. The van der Waals surface area contributed by atoms with Gasteiger partial charge in [0.05, 0.1) is 6.20 Å². The Bertz CT molecular complexity index is 572. The third kappa shape index (κ3) is 6.11. The van der Waals surface area contributed by atoms with Crippen LogP contribution in [0.15, 0.2) is 17.4 Å². The van der Waals surface area contributed by atoms with Gasteiger partial charge in [0, 0.05) is 46.0 Å². The molecule has 0 radical (unpaired) electrons. The minimum atomic E-state index is 0. The fourth-order valence-electron chi connectivity index (χ4n) is 4.17. The predicted octanol–water partition coefficient (Wildman–Crippen LogP) is 2.21. The summed E-state index contributed by atoms with van der Waals surface area (Å²) in [6.07, 6.45) is 9.13. The summed E-state index contributed by atoms with van der Waals surface area (Å²) in [6.45, 7) is 8.69. The number of rotatable bonds is 5. The lowest BCUT2D eigenvalue weighted by Crippen LogP contribution is -2.41. The molecule has 0 aromatic carbocycles. The van der Waals surface area contributed by atoms with Crippen molar-refractivity contribution in [1.82, 2.24) is 24.9 Å². The van der Waals surface area contributed by atoms with Crippen LogP contribution in [0.25, 0.3) is 0 Å². The summed E-state index contributed by atoms with van der Waals surface area (Å²) in [7, 11) is 4.22. The second-order valence-corrected chi connectivity index (χ2v) is 7.79. The number of hydrogen-bond donors (Lipinski definition) is 1. The SMILES string of the molecule is CCNC(=NCC1CCCN(C)C1)N1CCC(Cc2cnn(C)c2)C1.I. The number of likely N-dealkylation sites (tertiary alicyclic amines) is 2. The van der Waals surface area contributed by atoms with Gasteiger partial charge in [-0.15, -0.1) is 24.0 Å².